The van der Waals surface area contributed by atoms with Gasteiger partial charge in [-0.25, -0.2) is 17.9 Å². The third kappa shape index (κ3) is 1.70. The molecule has 2 aromatic rings. The van der Waals surface area contributed by atoms with E-state index >= 15 is 0 Å². The number of aryl methyl sites for hydroxylation is 1. The predicted molar refractivity (Wildman–Crippen MR) is 58.9 cm³/mol. The molecule has 1 aromatic heterocycles. The van der Waals surface area contributed by atoms with Crippen molar-refractivity contribution in [2.45, 2.75) is 18.4 Å². The Balaban J connectivity index is 2.90. The molecular weight excluding hydrogens is 231 g/mol. The minimum atomic E-state index is -3.82. The highest BCUT2D eigenvalue weighted by atomic mass is 32.2. The second kappa shape index (κ2) is 3.57. The summed E-state index contributed by atoms with van der Waals surface area (Å²) in [5.74, 6) is -0.480. The van der Waals surface area contributed by atoms with Crippen molar-refractivity contribution in [1.82, 2.24) is 4.57 Å². The summed E-state index contributed by atoms with van der Waals surface area (Å²) < 4.78 is 37.4. The molecule has 2 rings (SSSR count). The zero-order valence-electron chi connectivity index (χ0n) is 8.64. The maximum Gasteiger partial charge on any atom is 0.240 e. The molecular formula is C10H11FN2O2S. The van der Waals surface area contributed by atoms with Crippen LogP contribution in [0.4, 0.5) is 4.39 Å². The molecule has 0 fully saturated rings. The summed E-state index contributed by atoms with van der Waals surface area (Å²) in [7, 11) is -3.82. The van der Waals surface area contributed by atoms with E-state index in [-0.39, 0.29) is 4.90 Å². The Morgan fingerprint density at radius 3 is 2.69 bits per heavy atom. The van der Waals surface area contributed by atoms with Crippen LogP contribution < -0.4 is 5.14 Å². The Kier molecular flexibility index (Phi) is 2.47. The van der Waals surface area contributed by atoms with Crippen LogP contribution in [-0.2, 0) is 16.6 Å². The summed E-state index contributed by atoms with van der Waals surface area (Å²) in [4.78, 5) is -0.0381. The van der Waals surface area contributed by atoms with Gasteiger partial charge in [-0.05, 0) is 25.1 Å². The van der Waals surface area contributed by atoms with Crippen LogP contribution in [0.2, 0.25) is 0 Å². The topological polar surface area (TPSA) is 65.1 Å². The van der Waals surface area contributed by atoms with Crippen molar-refractivity contribution in [2.75, 3.05) is 0 Å². The average Bonchev–Trinajstić information content (AvgIpc) is 2.54. The molecule has 16 heavy (non-hydrogen) atoms. The van der Waals surface area contributed by atoms with Crippen LogP contribution >= 0.6 is 0 Å². The lowest BCUT2D eigenvalue weighted by Gasteiger charge is -1.98. The van der Waals surface area contributed by atoms with E-state index in [1.807, 2.05) is 6.92 Å². The van der Waals surface area contributed by atoms with E-state index < -0.39 is 15.8 Å². The summed E-state index contributed by atoms with van der Waals surface area (Å²) in [6.07, 6.45) is 1.43. The zero-order chi connectivity index (χ0) is 11.9. The molecule has 0 bridgehead atoms. The first-order valence-electron chi connectivity index (χ1n) is 4.74. The second-order valence-corrected chi connectivity index (χ2v) is 5.02. The molecule has 0 amide bonds. The number of nitrogens with zero attached hydrogens (tertiary/aromatic N) is 1. The van der Waals surface area contributed by atoms with E-state index in [1.54, 1.807) is 10.6 Å². The van der Waals surface area contributed by atoms with Gasteiger partial charge in [0, 0.05) is 23.6 Å². The van der Waals surface area contributed by atoms with Crippen molar-refractivity contribution < 1.29 is 12.8 Å². The molecule has 0 aliphatic rings. The highest BCUT2D eigenvalue weighted by molar-refractivity contribution is 7.89. The van der Waals surface area contributed by atoms with Gasteiger partial charge in [-0.1, -0.05) is 0 Å². The van der Waals surface area contributed by atoms with Gasteiger partial charge in [0.1, 0.15) is 10.7 Å². The second-order valence-electron chi connectivity index (χ2n) is 3.49. The molecule has 4 nitrogen and oxygen atoms in total. The highest BCUT2D eigenvalue weighted by Crippen LogP contribution is 2.25. The average molecular weight is 242 g/mol. The molecule has 0 atom stereocenters. The Morgan fingerprint density at radius 1 is 1.44 bits per heavy atom. The maximum absolute atomic E-state index is 13.1. The van der Waals surface area contributed by atoms with E-state index in [4.69, 9.17) is 5.14 Å². The van der Waals surface area contributed by atoms with Crippen molar-refractivity contribution >= 4 is 20.9 Å². The van der Waals surface area contributed by atoms with Gasteiger partial charge in [-0.3, -0.25) is 0 Å². The number of benzene rings is 1. The molecule has 6 heteroatoms. The van der Waals surface area contributed by atoms with Gasteiger partial charge < -0.3 is 4.57 Å². The molecule has 0 saturated carbocycles. The number of primary sulfonamides is 1. The van der Waals surface area contributed by atoms with E-state index in [0.29, 0.717) is 17.4 Å². The Morgan fingerprint density at radius 2 is 2.12 bits per heavy atom. The van der Waals surface area contributed by atoms with Gasteiger partial charge in [0.05, 0.1) is 0 Å². The van der Waals surface area contributed by atoms with Crippen LogP contribution in [0, 0.1) is 5.82 Å². The summed E-state index contributed by atoms with van der Waals surface area (Å²) in [5.41, 5.74) is 0.660. The Labute approximate surface area is 92.5 Å². The first-order valence-corrected chi connectivity index (χ1v) is 6.29. The zero-order valence-corrected chi connectivity index (χ0v) is 9.46. The third-order valence-electron chi connectivity index (χ3n) is 2.45. The standard InChI is InChI=1S/C10H11FN2O2S/c1-2-13-6-10(16(12,14)15)8-5-7(11)3-4-9(8)13/h3-6H,2H2,1H3,(H2,12,14,15). The Bertz CT molecular complexity index is 646. The molecule has 0 aliphatic heterocycles. The van der Waals surface area contributed by atoms with Gasteiger partial charge in [0.25, 0.3) is 0 Å². The van der Waals surface area contributed by atoms with Gasteiger partial charge in [-0.15, -0.1) is 0 Å². The molecule has 86 valence electrons. The quantitative estimate of drug-likeness (QED) is 0.866. The molecule has 0 spiro atoms. The van der Waals surface area contributed by atoms with Gasteiger partial charge >= 0.3 is 0 Å². The summed E-state index contributed by atoms with van der Waals surface area (Å²) in [6.45, 7) is 2.47. The van der Waals surface area contributed by atoms with Gasteiger partial charge in [0.15, 0.2) is 0 Å². The third-order valence-corrected chi connectivity index (χ3v) is 3.39. The van der Waals surface area contributed by atoms with Crippen molar-refractivity contribution in [3.8, 4) is 0 Å². The van der Waals surface area contributed by atoms with Crippen LogP contribution in [0.1, 0.15) is 6.92 Å². The maximum atomic E-state index is 13.1. The first kappa shape index (κ1) is 11.1. The summed E-state index contributed by atoms with van der Waals surface area (Å²) in [6, 6.07) is 4.02. The van der Waals surface area contributed by atoms with Crippen LogP contribution in [0.3, 0.4) is 0 Å². The van der Waals surface area contributed by atoms with E-state index in [9.17, 15) is 12.8 Å². The minimum Gasteiger partial charge on any atom is -0.346 e. The number of nitrogens with two attached hydrogens (primary N) is 1. The number of hydrogen-bond acceptors (Lipinski definition) is 2. The van der Waals surface area contributed by atoms with Gasteiger partial charge in [0.2, 0.25) is 10.0 Å². The largest absolute Gasteiger partial charge is 0.346 e. The van der Waals surface area contributed by atoms with Crippen molar-refractivity contribution in [2.24, 2.45) is 5.14 Å². The lowest BCUT2D eigenvalue weighted by atomic mass is 10.2. The fraction of sp³-hybridized carbons (Fsp3) is 0.200. The van der Waals surface area contributed by atoms with E-state index in [1.165, 1.54) is 18.3 Å². The monoisotopic (exact) mass is 242 g/mol. The van der Waals surface area contributed by atoms with Crippen molar-refractivity contribution in [3.05, 3.63) is 30.2 Å². The van der Waals surface area contributed by atoms with Crippen molar-refractivity contribution in [3.63, 3.8) is 0 Å². The fourth-order valence-electron chi connectivity index (χ4n) is 1.73. The van der Waals surface area contributed by atoms with Gasteiger partial charge in [-0.2, -0.15) is 0 Å². The van der Waals surface area contributed by atoms with Crippen LogP contribution in [-0.4, -0.2) is 13.0 Å². The first-order chi connectivity index (χ1) is 7.43. The molecule has 0 radical (unpaired) electrons. The number of sulfonamides is 1. The molecule has 1 heterocycles. The number of hydrogen-bond donors (Lipinski definition) is 1. The molecule has 1 aromatic carbocycles. The minimum absolute atomic E-state index is 0.0381. The van der Waals surface area contributed by atoms with Crippen molar-refractivity contribution in [1.29, 1.82) is 0 Å². The molecule has 2 N–H and O–H groups in total. The number of rotatable bonds is 2. The number of aromatic nitrogens is 1. The van der Waals surface area contributed by atoms with Crippen LogP contribution in [0.25, 0.3) is 10.9 Å². The van der Waals surface area contributed by atoms with Crippen LogP contribution in [0.15, 0.2) is 29.3 Å². The van der Waals surface area contributed by atoms with E-state index in [2.05, 4.69) is 0 Å². The molecule has 0 aliphatic carbocycles. The summed E-state index contributed by atoms with van der Waals surface area (Å²) in [5, 5.41) is 5.40. The lowest BCUT2D eigenvalue weighted by Crippen LogP contribution is -2.11. The smallest absolute Gasteiger partial charge is 0.240 e. The normalized spacial score (nSPS) is 12.2. The fourth-order valence-corrected chi connectivity index (χ4v) is 2.47. The highest BCUT2D eigenvalue weighted by Gasteiger charge is 2.17. The van der Waals surface area contributed by atoms with Crippen LogP contribution in [0.5, 0.6) is 0 Å². The molecule has 0 saturated heterocycles. The molecule has 0 unspecified atom stereocenters. The number of fused-ring (bicyclic) bond motifs is 1. The lowest BCUT2D eigenvalue weighted by molar-refractivity contribution is 0.598. The summed E-state index contributed by atoms with van der Waals surface area (Å²) >= 11 is 0. The SMILES string of the molecule is CCn1cc(S(N)(=O)=O)c2cc(F)ccc21. The number of halogens is 1. The van der Waals surface area contributed by atoms with E-state index in [0.717, 1.165) is 0 Å². The predicted octanol–water partition coefficient (Wildman–Crippen LogP) is 1.45. The Hall–Kier alpha value is -1.40.